The molecule has 0 unspecified atom stereocenters. The van der Waals surface area contributed by atoms with Gasteiger partial charge in [0.25, 0.3) is 0 Å². The second-order valence-electron chi connectivity index (χ2n) is 6.36. The maximum absolute atomic E-state index is 4.53. The average molecular weight is 340 g/mol. The first-order valence-corrected chi connectivity index (χ1v) is 8.81. The van der Waals surface area contributed by atoms with Gasteiger partial charge >= 0.3 is 0 Å². The zero-order chi connectivity index (χ0) is 18.5. The average Bonchev–Trinajstić information content (AvgIpc) is 3.11. The summed E-state index contributed by atoms with van der Waals surface area (Å²) in [6, 6.07) is 16.7. The van der Waals surface area contributed by atoms with Gasteiger partial charge in [-0.25, -0.2) is 4.68 Å². The molecule has 2 heteroatoms. The molecule has 0 fully saturated rings. The number of nitrogens with zero attached hydrogens (tertiary/aromatic N) is 2. The molecule has 1 aromatic heterocycles. The van der Waals surface area contributed by atoms with Gasteiger partial charge in [0.2, 0.25) is 0 Å². The first-order valence-electron chi connectivity index (χ1n) is 8.81. The molecule has 0 aliphatic carbocycles. The van der Waals surface area contributed by atoms with Crippen molar-refractivity contribution in [3.05, 3.63) is 102 Å². The normalized spacial score (nSPS) is 11.5. The number of para-hydroxylation sites is 1. The fraction of sp³-hybridized carbons (Fsp3) is 0.125. The number of allylic oxidation sites excluding steroid dienone is 5. The predicted octanol–water partition coefficient (Wildman–Crippen LogP) is 6.30. The van der Waals surface area contributed by atoms with Crippen LogP contribution in [0.1, 0.15) is 23.6 Å². The molecule has 0 amide bonds. The molecule has 0 aliphatic heterocycles. The molecule has 0 spiro atoms. The van der Waals surface area contributed by atoms with Crippen molar-refractivity contribution in [2.75, 3.05) is 0 Å². The van der Waals surface area contributed by atoms with Crippen molar-refractivity contribution in [1.29, 1.82) is 0 Å². The molecule has 3 aromatic rings. The van der Waals surface area contributed by atoms with E-state index in [1.54, 1.807) is 0 Å². The van der Waals surface area contributed by atoms with Crippen LogP contribution in [0.3, 0.4) is 0 Å². The summed E-state index contributed by atoms with van der Waals surface area (Å²) >= 11 is 0. The van der Waals surface area contributed by atoms with Crippen molar-refractivity contribution in [1.82, 2.24) is 9.78 Å². The molecule has 0 bridgehead atoms. The van der Waals surface area contributed by atoms with Gasteiger partial charge in [-0.3, -0.25) is 0 Å². The second kappa shape index (κ2) is 7.83. The molecular formula is C24H24N2. The van der Waals surface area contributed by atoms with Crippen molar-refractivity contribution in [3.63, 3.8) is 0 Å². The minimum atomic E-state index is 1.01. The van der Waals surface area contributed by atoms with Crippen molar-refractivity contribution in [3.8, 4) is 16.9 Å². The number of rotatable bonds is 5. The van der Waals surface area contributed by atoms with Gasteiger partial charge in [-0.1, -0.05) is 61.2 Å². The van der Waals surface area contributed by atoms with Crippen LogP contribution < -0.4 is 0 Å². The van der Waals surface area contributed by atoms with Crippen molar-refractivity contribution in [2.45, 2.75) is 20.8 Å². The summed E-state index contributed by atoms with van der Waals surface area (Å²) in [6.07, 6.45) is 9.94. The molecule has 2 aromatic carbocycles. The Labute approximate surface area is 155 Å². The zero-order valence-corrected chi connectivity index (χ0v) is 15.6. The second-order valence-corrected chi connectivity index (χ2v) is 6.36. The van der Waals surface area contributed by atoms with Crippen LogP contribution in [0.5, 0.6) is 0 Å². The van der Waals surface area contributed by atoms with E-state index < -0.39 is 0 Å². The Kier molecular flexibility index (Phi) is 5.33. The summed E-state index contributed by atoms with van der Waals surface area (Å²) in [7, 11) is 0. The fourth-order valence-electron chi connectivity index (χ4n) is 3.20. The van der Waals surface area contributed by atoms with E-state index in [1.165, 1.54) is 16.7 Å². The molecule has 26 heavy (non-hydrogen) atoms. The van der Waals surface area contributed by atoms with E-state index in [9.17, 15) is 0 Å². The van der Waals surface area contributed by atoms with Crippen molar-refractivity contribution in [2.24, 2.45) is 0 Å². The van der Waals surface area contributed by atoms with Gasteiger partial charge in [0.15, 0.2) is 0 Å². The molecule has 0 N–H and O–H groups in total. The lowest BCUT2D eigenvalue weighted by Crippen LogP contribution is -2.01. The molecule has 130 valence electrons. The molecule has 3 rings (SSSR count). The number of aryl methyl sites for hydroxylation is 2. The Morgan fingerprint density at radius 3 is 2.35 bits per heavy atom. The van der Waals surface area contributed by atoms with Crippen molar-refractivity contribution >= 4 is 5.57 Å². The van der Waals surface area contributed by atoms with Crippen molar-refractivity contribution < 1.29 is 0 Å². The summed E-state index contributed by atoms with van der Waals surface area (Å²) in [4.78, 5) is 0. The SMILES string of the molecule is C=C(/C=C\C=C/C)c1cc(C)c(-c2ccnn2-c2ccccc2)c(C)c1. The smallest absolute Gasteiger partial charge is 0.0746 e. The van der Waals surface area contributed by atoms with Gasteiger partial charge < -0.3 is 0 Å². The van der Waals surface area contributed by atoms with Crippen LogP contribution in [0.4, 0.5) is 0 Å². The van der Waals surface area contributed by atoms with Crippen LogP contribution in [0.15, 0.2) is 85.6 Å². The predicted molar refractivity (Wildman–Crippen MR) is 111 cm³/mol. The molecule has 0 saturated heterocycles. The molecular weight excluding hydrogens is 316 g/mol. The largest absolute Gasteiger partial charge is 0.233 e. The Hall–Kier alpha value is -3.13. The maximum atomic E-state index is 4.53. The Morgan fingerprint density at radius 1 is 1.00 bits per heavy atom. The first-order chi connectivity index (χ1) is 12.6. The van der Waals surface area contributed by atoms with Gasteiger partial charge in [-0.15, -0.1) is 0 Å². The number of hydrogen-bond donors (Lipinski definition) is 0. The van der Waals surface area contributed by atoms with Gasteiger partial charge in [0.05, 0.1) is 17.6 Å². The molecule has 0 radical (unpaired) electrons. The topological polar surface area (TPSA) is 17.8 Å². The van der Waals surface area contributed by atoms with Gasteiger partial charge in [0, 0.05) is 5.56 Å². The van der Waals surface area contributed by atoms with E-state index >= 15 is 0 Å². The standard InChI is InChI=1S/C24H24N2/c1-5-6-8-11-18(2)21-16-19(3)24(20(4)17-21)23-14-15-25-26(23)22-12-9-7-10-13-22/h5-17H,2H2,1,3-4H3/b6-5-,11-8-. The highest BCUT2D eigenvalue weighted by Crippen LogP contribution is 2.31. The number of aromatic nitrogens is 2. The zero-order valence-electron chi connectivity index (χ0n) is 15.6. The van der Waals surface area contributed by atoms with E-state index in [-0.39, 0.29) is 0 Å². The summed E-state index contributed by atoms with van der Waals surface area (Å²) in [5.41, 5.74) is 7.99. The van der Waals surface area contributed by atoms with Crippen LogP contribution in [0, 0.1) is 13.8 Å². The summed E-state index contributed by atoms with van der Waals surface area (Å²) in [6.45, 7) is 10.5. The van der Waals surface area contributed by atoms with Gasteiger partial charge in [0.1, 0.15) is 0 Å². The third-order valence-electron chi connectivity index (χ3n) is 4.40. The quantitative estimate of drug-likeness (QED) is 0.498. The first kappa shape index (κ1) is 17.7. The monoisotopic (exact) mass is 340 g/mol. The van der Waals surface area contributed by atoms with E-state index in [2.05, 4.69) is 55.9 Å². The van der Waals surface area contributed by atoms with Crippen LogP contribution >= 0.6 is 0 Å². The van der Waals surface area contributed by atoms with Gasteiger partial charge in [-0.05, 0) is 61.2 Å². The lowest BCUT2D eigenvalue weighted by molar-refractivity contribution is 0.886. The third-order valence-corrected chi connectivity index (χ3v) is 4.40. The highest BCUT2D eigenvalue weighted by Gasteiger charge is 2.13. The fourth-order valence-corrected chi connectivity index (χ4v) is 3.20. The maximum Gasteiger partial charge on any atom is 0.0746 e. The summed E-state index contributed by atoms with van der Waals surface area (Å²) in [5.74, 6) is 0. The minimum Gasteiger partial charge on any atom is -0.233 e. The van der Waals surface area contributed by atoms with E-state index in [1.807, 2.05) is 60.3 Å². The van der Waals surface area contributed by atoms with E-state index in [4.69, 9.17) is 0 Å². The minimum absolute atomic E-state index is 1.01. The highest BCUT2D eigenvalue weighted by atomic mass is 15.3. The van der Waals surface area contributed by atoms with Gasteiger partial charge in [-0.2, -0.15) is 5.10 Å². The Morgan fingerprint density at radius 2 is 1.69 bits per heavy atom. The van der Waals surface area contributed by atoms with Crippen LogP contribution in [-0.4, -0.2) is 9.78 Å². The van der Waals surface area contributed by atoms with E-state index in [0.717, 1.165) is 22.5 Å². The van der Waals surface area contributed by atoms with Crippen LogP contribution in [-0.2, 0) is 0 Å². The number of hydrogen-bond acceptors (Lipinski definition) is 1. The lowest BCUT2D eigenvalue weighted by atomic mass is 9.94. The molecule has 1 heterocycles. The third kappa shape index (κ3) is 3.60. The number of benzene rings is 2. The Bertz CT molecular complexity index is 949. The highest BCUT2D eigenvalue weighted by molar-refractivity contribution is 5.78. The lowest BCUT2D eigenvalue weighted by Gasteiger charge is -2.15. The molecule has 0 atom stereocenters. The molecule has 0 aliphatic rings. The van der Waals surface area contributed by atoms with Crippen LogP contribution in [0.25, 0.3) is 22.5 Å². The van der Waals surface area contributed by atoms with E-state index in [0.29, 0.717) is 0 Å². The summed E-state index contributed by atoms with van der Waals surface area (Å²) < 4.78 is 2.00. The Balaban J connectivity index is 2.04. The molecule has 2 nitrogen and oxygen atoms in total. The van der Waals surface area contributed by atoms with Crippen LogP contribution in [0.2, 0.25) is 0 Å². The molecule has 0 saturated carbocycles. The summed E-state index contributed by atoms with van der Waals surface area (Å²) in [5, 5.41) is 4.53.